The second kappa shape index (κ2) is 6.78. The van der Waals surface area contributed by atoms with E-state index >= 15 is 0 Å². The van der Waals surface area contributed by atoms with Crippen molar-refractivity contribution in [3.63, 3.8) is 0 Å². The van der Waals surface area contributed by atoms with Crippen LogP contribution in [0.3, 0.4) is 0 Å². The Morgan fingerprint density at radius 2 is 1.78 bits per heavy atom. The molecule has 0 aromatic heterocycles. The summed E-state index contributed by atoms with van der Waals surface area (Å²) in [6, 6.07) is 8.05. The minimum Gasteiger partial charge on any atom is -0.409 e. The van der Waals surface area contributed by atoms with Gasteiger partial charge >= 0.3 is 6.09 Å². The molecule has 0 aliphatic carbocycles. The minimum absolute atomic E-state index is 0.0600. The van der Waals surface area contributed by atoms with Gasteiger partial charge < -0.3 is 4.74 Å². The molecule has 0 aliphatic rings. The smallest absolute Gasteiger partial charge is 0.409 e. The monoisotopic (exact) mass is 378 g/mol. The van der Waals surface area contributed by atoms with Gasteiger partial charge in [0.05, 0.1) is 15.1 Å². The van der Waals surface area contributed by atoms with Crippen LogP contribution in [0.15, 0.2) is 34.8 Å². The molecular formula is C16H15BrN2O4. The third-order valence-corrected chi connectivity index (χ3v) is 4.02. The maximum Gasteiger partial charge on any atom is 0.417 e. The van der Waals surface area contributed by atoms with Gasteiger partial charge in [-0.25, -0.2) is 4.79 Å². The lowest BCUT2D eigenvalue weighted by Crippen LogP contribution is -2.17. The molecule has 0 atom stereocenters. The summed E-state index contributed by atoms with van der Waals surface area (Å²) in [7, 11) is 0. The van der Waals surface area contributed by atoms with Crippen molar-refractivity contribution in [2.45, 2.75) is 20.8 Å². The van der Waals surface area contributed by atoms with Crippen LogP contribution in [0.4, 0.5) is 16.2 Å². The number of carbonyl (C=O) groups is 1. The van der Waals surface area contributed by atoms with Crippen molar-refractivity contribution < 1.29 is 14.5 Å². The zero-order valence-corrected chi connectivity index (χ0v) is 14.4. The topological polar surface area (TPSA) is 81.5 Å². The van der Waals surface area contributed by atoms with Crippen LogP contribution in [0, 0.1) is 30.9 Å². The third-order valence-electron chi connectivity index (χ3n) is 3.40. The Kier molecular flexibility index (Phi) is 5.00. The van der Waals surface area contributed by atoms with Crippen LogP contribution in [0.5, 0.6) is 5.75 Å². The number of benzene rings is 2. The molecule has 0 saturated heterocycles. The van der Waals surface area contributed by atoms with Gasteiger partial charge in [-0.15, -0.1) is 0 Å². The highest BCUT2D eigenvalue weighted by Gasteiger charge is 2.14. The molecule has 1 N–H and O–H groups in total. The Balaban J connectivity index is 2.16. The predicted octanol–water partition coefficient (Wildman–Crippen LogP) is 4.89. The van der Waals surface area contributed by atoms with Crippen molar-refractivity contribution >= 4 is 33.4 Å². The number of nitro groups is 1. The summed E-state index contributed by atoms with van der Waals surface area (Å²) in [5.74, 6) is 0.382. The van der Waals surface area contributed by atoms with Crippen molar-refractivity contribution in [3.05, 3.63) is 61.6 Å². The largest absolute Gasteiger partial charge is 0.417 e. The fourth-order valence-electron chi connectivity index (χ4n) is 1.96. The zero-order valence-electron chi connectivity index (χ0n) is 12.8. The molecule has 0 saturated carbocycles. The van der Waals surface area contributed by atoms with Crippen LogP contribution < -0.4 is 10.1 Å². The summed E-state index contributed by atoms with van der Waals surface area (Å²) < 4.78 is 5.91. The van der Waals surface area contributed by atoms with E-state index in [-0.39, 0.29) is 5.69 Å². The van der Waals surface area contributed by atoms with Crippen molar-refractivity contribution in [2.24, 2.45) is 0 Å². The lowest BCUT2D eigenvalue weighted by atomic mass is 10.1. The van der Waals surface area contributed by atoms with Gasteiger partial charge in [0, 0.05) is 11.6 Å². The number of hydrogen-bond donors (Lipinski definition) is 1. The molecule has 120 valence electrons. The van der Waals surface area contributed by atoms with E-state index in [1.165, 1.54) is 6.07 Å². The molecule has 1 amide bonds. The molecule has 0 aliphatic heterocycles. The number of rotatable bonds is 3. The molecule has 7 heteroatoms. The van der Waals surface area contributed by atoms with Crippen LogP contribution in [0.2, 0.25) is 0 Å². The predicted molar refractivity (Wildman–Crippen MR) is 91.1 cm³/mol. The fraction of sp³-hybridized carbons (Fsp3) is 0.188. The Morgan fingerprint density at radius 1 is 1.13 bits per heavy atom. The number of nitrogens with zero attached hydrogens (tertiary/aromatic N) is 1. The molecule has 0 fully saturated rings. The first-order valence-electron chi connectivity index (χ1n) is 6.78. The van der Waals surface area contributed by atoms with Crippen LogP contribution >= 0.6 is 15.9 Å². The normalized spacial score (nSPS) is 10.3. The van der Waals surface area contributed by atoms with E-state index in [2.05, 4.69) is 21.2 Å². The molecule has 2 aromatic carbocycles. The highest BCUT2D eigenvalue weighted by atomic mass is 79.9. The van der Waals surface area contributed by atoms with E-state index in [0.29, 0.717) is 21.5 Å². The molecule has 6 nitrogen and oxygen atoms in total. The van der Waals surface area contributed by atoms with Gasteiger partial charge in [0.15, 0.2) is 0 Å². The quantitative estimate of drug-likeness (QED) is 0.608. The maximum absolute atomic E-state index is 12.0. The number of amides is 1. The van der Waals surface area contributed by atoms with E-state index in [4.69, 9.17) is 4.74 Å². The summed E-state index contributed by atoms with van der Waals surface area (Å²) in [5, 5.41) is 13.4. The number of anilines is 1. The lowest BCUT2D eigenvalue weighted by Gasteiger charge is -2.10. The lowest BCUT2D eigenvalue weighted by molar-refractivity contribution is -0.385. The van der Waals surface area contributed by atoms with Crippen molar-refractivity contribution in [1.82, 2.24) is 0 Å². The van der Waals surface area contributed by atoms with E-state index < -0.39 is 11.0 Å². The van der Waals surface area contributed by atoms with E-state index in [9.17, 15) is 14.9 Å². The third kappa shape index (κ3) is 4.07. The number of nitrogens with one attached hydrogen (secondary N) is 1. The van der Waals surface area contributed by atoms with E-state index in [1.807, 2.05) is 19.9 Å². The molecule has 0 unspecified atom stereocenters. The summed E-state index contributed by atoms with van der Waals surface area (Å²) >= 11 is 3.34. The summed E-state index contributed by atoms with van der Waals surface area (Å²) in [5.41, 5.74) is 2.81. The van der Waals surface area contributed by atoms with Crippen LogP contribution in [-0.2, 0) is 0 Å². The molecule has 2 aromatic rings. The number of carbonyl (C=O) groups excluding carboxylic acids is 1. The number of aryl methyl sites for hydroxylation is 3. The second-order valence-corrected chi connectivity index (χ2v) is 5.99. The highest BCUT2D eigenvalue weighted by molar-refractivity contribution is 9.10. The summed E-state index contributed by atoms with van der Waals surface area (Å²) in [6.45, 7) is 5.50. The minimum atomic E-state index is -0.716. The fourth-order valence-corrected chi connectivity index (χ4v) is 2.50. The zero-order chi connectivity index (χ0) is 17.1. The van der Waals surface area contributed by atoms with Gasteiger partial charge in [-0.3, -0.25) is 15.4 Å². The van der Waals surface area contributed by atoms with Gasteiger partial charge in [-0.1, -0.05) is 6.07 Å². The first-order valence-corrected chi connectivity index (χ1v) is 7.58. The SMILES string of the molecule is Cc1cc(Br)c(OC(=O)Nc2ccc(C)c([N+](=O)[O-])c2)cc1C. The Bertz CT molecular complexity index is 790. The average molecular weight is 379 g/mol. The van der Waals surface area contributed by atoms with Gasteiger partial charge in [0.25, 0.3) is 5.69 Å². The van der Waals surface area contributed by atoms with Crippen molar-refractivity contribution in [1.29, 1.82) is 0 Å². The molecular weight excluding hydrogens is 364 g/mol. The first kappa shape index (κ1) is 17.0. The Labute approximate surface area is 141 Å². The van der Waals surface area contributed by atoms with E-state index in [1.54, 1.807) is 25.1 Å². The van der Waals surface area contributed by atoms with Crippen molar-refractivity contribution in [2.75, 3.05) is 5.32 Å². The van der Waals surface area contributed by atoms with Crippen LogP contribution in [-0.4, -0.2) is 11.0 Å². The van der Waals surface area contributed by atoms with Crippen LogP contribution in [0.1, 0.15) is 16.7 Å². The number of hydrogen-bond acceptors (Lipinski definition) is 4. The Hall–Kier alpha value is -2.41. The van der Waals surface area contributed by atoms with Gasteiger partial charge in [0.2, 0.25) is 0 Å². The molecule has 0 spiro atoms. The van der Waals surface area contributed by atoms with Crippen LogP contribution in [0.25, 0.3) is 0 Å². The standard InChI is InChI=1S/C16H15BrN2O4/c1-9-4-5-12(8-14(9)19(21)22)18-16(20)23-15-7-11(3)10(2)6-13(15)17/h4-8H,1-3H3,(H,18,20). The summed E-state index contributed by atoms with van der Waals surface area (Å²) in [6.07, 6.45) is -0.716. The molecule has 0 heterocycles. The summed E-state index contributed by atoms with van der Waals surface area (Å²) in [4.78, 5) is 22.4. The highest BCUT2D eigenvalue weighted by Crippen LogP contribution is 2.29. The van der Waals surface area contributed by atoms with Crippen molar-refractivity contribution in [3.8, 4) is 5.75 Å². The number of nitro benzene ring substituents is 1. The number of ether oxygens (including phenoxy) is 1. The van der Waals surface area contributed by atoms with E-state index in [0.717, 1.165) is 11.1 Å². The second-order valence-electron chi connectivity index (χ2n) is 5.14. The van der Waals surface area contributed by atoms with Gasteiger partial charge in [-0.05, 0) is 66.0 Å². The molecule has 2 rings (SSSR count). The number of halogens is 1. The molecule has 23 heavy (non-hydrogen) atoms. The molecule has 0 radical (unpaired) electrons. The van der Waals surface area contributed by atoms with Gasteiger partial charge in [0.1, 0.15) is 5.75 Å². The maximum atomic E-state index is 12.0. The molecule has 0 bridgehead atoms. The average Bonchev–Trinajstić information content (AvgIpc) is 2.46. The first-order chi connectivity index (χ1) is 10.8. The van der Waals surface area contributed by atoms with Gasteiger partial charge in [-0.2, -0.15) is 0 Å². The Morgan fingerprint density at radius 3 is 2.43 bits per heavy atom.